The molecule has 19 heavy (non-hydrogen) atoms. The minimum absolute atomic E-state index is 0.600. The lowest BCUT2D eigenvalue weighted by Gasteiger charge is -2.27. The molecule has 0 bridgehead atoms. The summed E-state index contributed by atoms with van der Waals surface area (Å²) in [7, 11) is 2.16. The maximum absolute atomic E-state index is 6.03. The lowest BCUT2D eigenvalue weighted by atomic mass is 9.94. The average molecular weight is 255 g/mol. The highest BCUT2D eigenvalue weighted by atomic mass is 15.1. The van der Waals surface area contributed by atoms with Crippen LogP contribution in [0, 0.1) is 0 Å². The number of pyridine rings is 1. The van der Waals surface area contributed by atoms with Crippen molar-refractivity contribution in [3.05, 3.63) is 40.6 Å². The van der Waals surface area contributed by atoms with E-state index < -0.39 is 0 Å². The van der Waals surface area contributed by atoms with Gasteiger partial charge in [-0.1, -0.05) is 25.1 Å². The molecule has 1 aromatic carbocycles. The Kier molecular flexibility index (Phi) is 3.25. The molecule has 100 valence electrons. The number of para-hydroxylation sites is 1. The van der Waals surface area contributed by atoms with Crippen molar-refractivity contribution in [3.8, 4) is 0 Å². The lowest BCUT2D eigenvalue weighted by molar-refractivity contribution is 0.309. The Morgan fingerprint density at radius 3 is 2.95 bits per heavy atom. The monoisotopic (exact) mass is 255 g/mol. The fourth-order valence-electron chi connectivity index (χ4n) is 3.06. The third-order valence-electron chi connectivity index (χ3n) is 4.15. The van der Waals surface area contributed by atoms with E-state index in [1.54, 1.807) is 0 Å². The summed E-state index contributed by atoms with van der Waals surface area (Å²) in [5, 5.41) is 1.25. The van der Waals surface area contributed by atoms with Gasteiger partial charge in [0.1, 0.15) is 0 Å². The fourth-order valence-corrected chi connectivity index (χ4v) is 3.06. The number of likely N-dealkylation sites (N-methyl/N-ethyl adjacent to an activating group) is 1. The summed E-state index contributed by atoms with van der Waals surface area (Å²) in [6.45, 7) is 4.85. The van der Waals surface area contributed by atoms with Gasteiger partial charge < -0.3 is 10.6 Å². The van der Waals surface area contributed by atoms with Crippen molar-refractivity contribution in [3.63, 3.8) is 0 Å². The van der Waals surface area contributed by atoms with E-state index in [0.717, 1.165) is 31.4 Å². The topological polar surface area (TPSA) is 42.1 Å². The second kappa shape index (κ2) is 4.91. The number of hydrogen-bond acceptors (Lipinski definition) is 3. The quantitative estimate of drug-likeness (QED) is 0.895. The zero-order valence-corrected chi connectivity index (χ0v) is 11.7. The first-order valence-electron chi connectivity index (χ1n) is 7.05. The van der Waals surface area contributed by atoms with E-state index in [0.29, 0.717) is 6.54 Å². The van der Waals surface area contributed by atoms with Crippen LogP contribution >= 0.6 is 0 Å². The first kappa shape index (κ1) is 12.6. The third kappa shape index (κ3) is 2.03. The first-order chi connectivity index (χ1) is 9.24. The molecule has 0 unspecified atom stereocenters. The number of aromatic nitrogens is 1. The van der Waals surface area contributed by atoms with Crippen molar-refractivity contribution in [2.45, 2.75) is 32.9 Å². The smallest absolute Gasteiger partial charge is 0.0740 e. The normalized spacial score (nSPS) is 15.7. The Hall–Kier alpha value is -1.45. The van der Waals surface area contributed by atoms with Gasteiger partial charge in [-0.05, 0) is 30.2 Å². The number of rotatable bonds is 2. The zero-order chi connectivity index (χ0) is 13.4. The van der Waals surface area contributed by atoms with Crippen LogP contribution in [0.2, 0.25) is 0 Å². The highest BCUT2D eigenvalue weighted by molar-refractivity contribution is 5.86. The van der Waals surface area contributed by atoms with Gasteiger partial charge in [-0.15, -0.1) is 0 Å². The van der Waals surface area contributed by atoms with Gasteiger partial charge in [-0.3, -0.25) is 4.98 Å². The molecule has 0 fully saturated rings. The van der Waals surface area contributed by atoms with Crippen molar-refractivity contribution in [1.82, 2.24) is 9.88 Å². The van der Waals surface area contributed by atoms with Gasteiger partial charge in [0.15, 0.2) is 0 Å². The van der Waals surface area contributed by atoms with Crippen LogP contribution in [0.25, 0.3) is 10.9 Å². The van der Waals surface area contributed by atoms with Gasteiger partial charge in [0.2, 0.25) is 0 Å². The van der Waals surface area contributed by atoms with Gasteiger partial charge in [-0.25, -0.2) is 0 Å². The van der Waals surface area contributed by atoms with Crippen LogP contribution in [0.1, 0.15) is 29.3 Å². The molecule has 1 aliphatic rings. The van der Waals surface area contributed by atoms with Gasteiger partial charge >= 0.3 is 0 Å². The van der Waals surface area contributed by atoms with Crippen LogP contribution < -0.4 is 5.73 Å². The van der Waals surface area contributed by atoms with E-state index in [1.807, 2.05) is 0 Å². The second-order valence-corrected chi connectivity index (χ2v) is 5.37. The van der Waals surface area contributed by atoms with Crippen molar-refractivity contribution < 1.29 is 0 Å². The molecule has 0 amide bonds. The molecule has 0 atom stereocenters. The van der Waals surface area contributed by atoms with E-state index in [9.17, 15) is 0 Å². The van der Waals surface area contributed by atoms with Crippen LogP contribution in [-0.2, 0) is 25.9 Å². The Balaban J connectivity index is 2.32. The van der Waals surface area contributed by atoms with Gasteiger partial charge in [-0.2, -0.15) is 0 Å². The average Bonchev–Trinajstić information content (AvgIpc) is 2.44. The molecular weight excluding hydrogens is 234 g/mol. The highest BCUT2D eigenvalue weighted by Crippen LogP contribution is 2.29. The molecule has 0 saturated heterocycles. The SMILES string of the molecule is CCc1cccc2c(CN)c3c(nc12)CCN(C)C3. The Morgan fingerprint density at radius 2 is 2.21 bits per heavy atom. The summed E-state index contributed by atoms with van der Waals surface area (Å²) in [6.07, 6.45) is 2.06. The first-order valence-corrected chi connectivity index (χ1v) is 7.05. The Labute approximate surface area is 114 Å². The Morgan fingerprint density at radius 1 is 1.37 bits per heavy atom. The van der Waals surface area contributed by atoms with E-state index in [-0.39, 0.29) is 0 Å². The number of aryl methyl sites for hydroxylation is 1. The van der Waals surface area contributed by atoms with E-state index in [1.165, 1.54) is 27.8 Å². The molecule has 0 aliphatic carbocycles. The number of hydrogen-bond donors (Lipinski definition) is 1. The minimum atomic E-state index is 0.600. The number of nitrogens with two attached hydrogens (primary N) is 1. The van der Waals surface area contributed by atoms with Crippen molar-refractivity contribution in [1.29, 1.82) is 0 Å². The van der Waals surface area contributed by atoms with E-state index >= 15 is 0 Å². The largest absolute Gasteiger partial charge is 0.326 e. The van der Waals surface area contributed by atoms with Crippen molar-refractivity contribution in [2.75, 3.05) is 13.6 Å². The number of benzene rings is 1. The summed E-state index contributed by atoms with van der Waals surface area (Å²) >= 11 is 0. The molecule has 1 aromatic heterocycles. The summed E-state index contributed by atoms with van der Waals surface area (Å²) in [5.41, 5.74) is 12.4. The fraction of sp³-hybridized carbons (Fsp3) is 0.438. The number of fused-ring (bicyclic) bond motifs is 2. The summed E-state index contributed by atoms with van der Waals surface area (Å²) in [4.78, 5) is 7.29. The molecule has 0 radical (unpaired) electrons. The number of nitrogens with zero attached hydrogens (tertiary/aromatic N) is 2. The van der Waals surface area contributed by atoms with Crippen LogP contribution in [0.4, 0.5) is 0 Å². The molecule has 1 aliphatic heterocycles. The second-order valence-electron chi connectivity index (χ2n) is 5.37. The zero-order valence-electron chi connectivity index (χ0n) is 11.7. The minimum Gasteiger partial charge on any atom is -0.326 e. The van der Waals surface area contributed by atoms with E-state index in [2.05, 4.69) is 37.1 Å². The van der Waals surface area contributed by atoms with Gasteiger partial charge in [0, 0.05) is 37.1 Å². The molecule has 3 nitrogen and oxygen atoms in total. The molecule has 2 aromatic rings. The lowest BCUT2D eigenvalue weighted by Crippen LogP contribution is -2.29. The molecule has 0 saturated carbocycles. The van der Waals surface area contributed by atoms with Crippen molar-refractivity contribution >= 4 is 10.9 Å². The highest BCUT2D eigenvalue weighted by Gasteiger charge is 2.20. The maximum Gasteiger partial charge on any atom is 0.0740 e. The van der Waals surface area contributed by atoms with Crippen molar-refractivity contribution in [2.24, 2.45) is 5.73 Å². The molecule has 2 heterocycles. The van der Waals surface area contributed by atoms with Gasteiger partial charge in [0.05, 0.1) is 5.52 Å². The third-order valence-corrected chi connectivity index (χ3v) is 4.15. The molecular formula is C16H21N3. The summed E-state index contributed by atoms with van der Waals surface area (Å²) in [5.74, 6) is 0. The molecule has 3 heteroatoms. The predicted octanol–water partition coefficient (Wildman–Crippen LogP) is 2.24. The van der Waals surface area contributed by atoms with Crippen LogP contribution in [-0.4, -0.2) is 23.5 Å². The van der Waals surface area contributed by atoms with E-state index in [4.69, 9.17) is 10.7 Å². The van der Waals surface area contributed by atoms with Crippen LogP contribution in [0.15, 0.2) is 18.2 Å². The molecule has 0 spiro atoms. The van der Waals surface area contributed by atoms with Crippen LogP contribution in [0.5, 0.6) is 0 Å². The summed E-state index contributed by atoms with van der Waals surface area (Å²) < 4.78 is 0. The maximum atomic E-state index is 6.03. The molecule has 2 N–H and O–H groups in total. The summed E-state index contributed by atoms with van der Waals surface area (Å²) in [6, 6.07) is 6.47. The Bertz CT molecular complexity index is 619. The van der Waals surface area contributed by atoms with Gasteiger partial charge in [0.25, 0.3) is 0 Å². The standard InChI is InChI=1S/C16H21N3/c1-3-11-5-4-6-12-13(9-17)14-10-19(2)8-7-15(14)18-16(11)12/h4-6H,3,7-10,17H2,1-2H3. The predicted molar refractivity (Wildman–Crippen MR) is 79.1 cm³/mol. The molecule has 3 rings (SSSR count). The van der Waals surface area contributed by atoms with Crippen LogP contribution in [0.3, 0.4) is 0 Å².